The summed E-state index contributed by atoms with van der Waals surface area (Å²) in [5.74, 6) is 1.11. The van der Waals surface area contributed by atoms with Crippen LogP contribution in [0.1, 0.15) is 11.1 Å². The summed E-state index contributed by atoms with van der Waals surface area (Å²) in [6, 6.07) is 31.7. The van der Waals surface area contributed by atoms with Gasteiger partial charge >= 0.3 is 0 Å². The number of nitrogens with one attached hydrogen (secondary N) is 1. The molecule has 0 fully saturated rings. The van der Waals surface area contributed by atoms with Crippen molar-refractivity contribution in [2.24, 2.45) is 5.10 Å². The molecule has 0 aliphatic carbocycles. The van der Waals surface area contributed by atoms with Crippen molar-refractivity contribution < 1.29 is 9.53 Å². The van der Waals surface area contributed by atoms with E-state index in [0.29, 0.717) is 21.8 Å². The van der Waals surface area contributed by atoms with Crippen LogP contribution in [0.5, 0.6) is 11.5 Å². The number of ether oxygens (including phenoxy) is 1. The number of amides is 1. The van der Waals surface area contributed by atoms with Crippen LogP contribution in [0.4, 0.5) is 0 Å². The van der Waals surface area contributed by atoms with E-state index in [-0.39, 0.29) is 17.2 Å². The fourth-order valence-corrected chi connectivity index (χ4v) is 4.66. The Morgan fingerprint density at radius 3 is 2.53 bits per heavy atom. The number of aryl methyl sites for hydroxylation is 1. The van der Waals surface area contributed by atoms with Gasteiger partial charge in [-0.25, -0.2) is 10.4 Å². The summed E-state index contributed by atoms with van der Waals surface area (Å²) >= 11 is 1.18. The molecule has 4 aromatic carbocycles. The maximum Gasteiger partial charge on any atom is 0.266 e. The van der Waals surface area contributed by atoms with E-state index in [1.807, 2.05) is 97.9 Å². The maximum atomic E-state index is 13.4. The van der Waals surface area contributed by atoms with Crippen LogP contribution in [0.15, 0.2) is 118 Å². The Hall–Kier alpha value is -4.69. The van der Waals surface area contributed by atoms with E-state index in [9.17, 15) is 9.59 Å². The third-order valence-electron chi connectivity index (χ3n) is 5.67. The lowest BCUT2D eigenvalue weighted by atomic mass is 10.2. The monoisotopic (exact) mass is 520 g/mol. The highest BCUT2D eigenvalue weighted by Gasteiger charge is 2.15. The number of hydrogen-bond donors (Lipinski definition) is 1. The lowest BCUT2D eigenvalue weighted by molar-refractivity contribution is -0.118. The lowest BCUT2D eigenvalue weighted by Crippen LogP contribution is -2.24. The minimum absolute atomic E-state index is 0.0329. The number of thioether (sulfide) groups is 1. The molecule has 0 unspecified atom stereocenters. The number of para-hydroxylation sites is 3. The molecule has 7 nitrogen and oxygen atoms in total. The topological polar surface area (TPSA) is 85.6 Å². The number of rotatable bonds is 8. The van der Waals surface area contributed by atoms with Gasteiger partial charge in [0.1, 0.15) is 11.5 Å². The van der Waals surface area contributed by atoms with Gasteiger partial charge in [-0.05, 0) is 60.5 Å². The van der Waals surface area contributed by atoms with Crippen molar-refractivity contribution in [1.82, 2.24) is 15.0 Å². The molecular weight excluding hydrogens is 496 g/mol. The molecular formula is C30H24N4O3S. The molecule has 0 spiro atoms. The van der Waals surface area contributed by atoms with Gasteiger partial charge in [-0.15, -0.1) is 0 Å². The van der Waals surface area contributed by atoms with Crippen LogP contribution >= 0.6 is 11.8 Å². The van der Waals surface area contributed by atoms with Gasteiger partial charge in [-0.3, -0.25) is 14.2 Å². The van der Waals surface area contributed by atoms with Crippen LogP contribution in [0.3, 0.4) is 0 Å². The Kier molecular flexibility index (Phi) is 7.61. The first kappa shape index (κ1) is 25.0. The number of fused-ring (bicyclic) bond motifs is 1. The van der Waals surface area contributed by atoms with Crippen LogP contribution in [0.2, 0.25) is 0 Å². The molecule has 0 saturated heterocycles. The molecule has 1 N–H and O–H groups in total. The van der Waals surface area contributed by atoms with E-state index in [4.69, 9.17) is 9.72 Å². The molecule has 8 heteroatoms. The zero-order chi connectivity index (χ0) is 26.3. The lowest BCUT2D eigenvalue weighted by Gasteiger charge is -2.14. The highest BCUT2D eigenvalue weighted by molar-refractivity contribution is 7.99. The summed E-state index contributed by atoms with van der Waals surface area (Å²) in [5, 5.41) is 5.04. The Morgan fingerprint density at radius 2 is 1.68 bits per heavy atom. The van der Waals surface area contributed by atoms with Crippen molar-refractivity contribution in [1.29, 1.82) is 0 Å². The number of benzene rings is 4. The second kappa shape index (κ2) is 11.6. The van der Waals surface area contributed by atoms with E-state index < -0.39 is 0 Å². The molecule has 1 heterocycles. The highest BCUT2D eigenvalue weighted by atomic mass is 32.2. The van der Waals surface area contributed by atoms with Gasteiger partial charge in [-0.1, -0.05) is 72.4 Å². The molecule has 0 bridgehead atoms. The van der Waals surface area contributed by atoms with Crippen molar-refractivity contribution in [3.05, 3.63) is 125 Å². The van der Waals surface area contributed by atoms with Crippen molar-refractivity contribution in [3.8, 4) is 17.2 Å². The molecule has 38 heavy (non-hydrogen) atoms. The van der Waals surface area contributed by atoms with Gasteiger partial charge < -0.3 is 4.74 Å². The minimum Gasteiger partial charge on any atom is -0.457 e. The van der Waals surface area contributed by atoms with Crippen LogP contribution in [0.25, 0.3) is 16.6 Å². The standard InChI is InChI=1S/C30H24N4O3S/c1-21-10-5-8-17-27(21)34-29(36)25-15-6-7-16-26(25)32-30(34)38-20-28(35)33-31-19-22-11-9-14-24(18-22)37-23-12-3-2-4-13-23/h2-19H,20H2,1H3,(H,33,35)/b31-19-. The summed E-state index contributed by atoms with van der Waals surface area (Å²) in [6.07, 6.45) is 1.55. The fourth-order valence-electron chi connectivity index (χ4n) is 3.86. The first-order chi connectivity index (χ1) is 18.6. The first-order valence-electron chi connectivity index (χ1n) is 11.9. The van der Waals surface area contributed by atoms with Crippen molar-refractivity contribution >= 4 is 34.8 Å². The molecule has 5 aromatic rings. The normalized spacial score (nSPS) is 11.1. The third-order valence-corrected chi connectivity index (χ3v) is 6.61. The van der Waals surface area contributed by atoms with Gasteiger partial charge in [0.05, 0.1) is 28.6 Å². The number of aromatic nitrogens is 2. The van der Waals surface area contributed by atoms with Crippen molar-refractivity contribution in [2.75, 3.05) is 5.75 Å². The summed E-state index contributed by atoms with van der Waals surface area (Å²) in [6.45, 7) is 1.94. The number of carbonyl (C=O) groups excluding carboxylic acids is 1. The predicted molar refractivity (Wildman–Crippen MR) is 151 cm³/mol. The Bertz CT molecular complexity index is 1680. The van der Waals surface area contributed by atoms with E-state index in [0.717, 1.165) is 22.6 Å². The average Bonchev–Trinajstić information content (AvgIpc) is 2.93. The number of nitrogens with zero attached hydrogens (tertiary/aromatic N) is 3. The van der Waals surface area contributed by atoms with Crippen LogP contribution < -0.4 is 15.7 Å². The zero-order valence-corrected chi connectivity index (χ0v) is 21.4. The summed E-state index contributed by atoms with van der Waals surface area (Å²) in [5.41, 5.74) is 5.39. The van der Waals surface area contributed by atoms with Crippen molar-refractivity contribution in [2.45, 2.75) is 12.1 Å². The molecule has 188 valence electrons. The Labute approximate surface area is 223 Å². The number of hydrazone groups is 1. The quantitative estimate of drug-likeness (QED) is 0.122. The molecule has 0 atom stereocenters. The van der Waals surface area contributed by atoms with Crippen LogP contribution in [-0.4, -0.2) is 27.4 Å². The maximum absolute atomic E-state index is 13.4. The van der Waals surface area contributed by atoms with E-state index in [1.54, 1.807) is 22.9 Å². The smallest absolute Gasteiger partial charge is 0.266 e. The van der Waals surface area contributed by atoms with Crippen LogP contribution in [-0.2, 0) is 4.79 Å². The van der Waals surface area contributed by atoms with Gasteiger partial charge in [-0.2, -0.15) is 5.10 Å². The number of hydrogen-bond acceptors (Lipinski definition) is 6. The minimum atomic E-state index is -0.318. The first-order valence-corrected chi connectivity index (χ1v) is 12.9. The molecule has 1 amide bonds. The fraction of sp³-hybridized carbons (Fsp3) is 0.0667. The van der Waals surface area contributed by atoms with Gasteiger partial charge in [0, 0.05) is 0 Å². The summed E-state index contributed by atoms with van der Waals surface area (Å²) < 4.78 is 7.41. The zero-order valence-electron chi connectivity index (χ0n) is 20.6. The average molecular weight is 521 g/mol. The predicted octanol–water partition coefficient (Wildman–Crippen LogP) is 5.73. The van der Waals surface area contributed by atoms with E-state index >= 15 is 0 Å². The number of carbonyl (C=O) groups is 1. The Morgan fingerprint density at radius 1 is 0.947 bits per heavy atom. The summed E-state index contributed by atoms with van der Waals surface area (Å²) in [4.78, 5) is 30.7. The molecule has 0 radical (unpaired) electrons. The molecule has 0 saturated carbocycles. The van der Waals surface area contributed by atoms with Gasteiger partial charge in [0.25, 0.3) is 11.5 Å². The van der Waals surface area contributed by atoms with E-state index in [1.165, 1.54) is 11.8 Å². The largest absolute Gasteiger partial charge is 0.457 e. The second-order valence-electron chi connectivity index (χ2n) is 8.41. The molecule has 5 rings (SSSR count). The highest BCUT2D eigenvalue weighted by Crippen LogP contribution is 2.23. The van der Waals surface area contributed by atoms with Gasteiger partial charge in [0.2, 0.25) is 0 Å². The Balaban J connectivity index is 1.29. The van der Waals surface area contributed by atoms with Gasteiger partial charge in [0.15, 0.2) is 5.16 Å². The van der Waals surface area contributed by atoms with Crippen molar-refractivity contribution in [3.63, 3.8) is 0 Å². The molecule has 0 aliphatic rings. The molecule has 1 aromatic heterocycles. The second-order valence-corrected chi connectivity index (χ2v) is 9.35. The summed E-state index contributed by atoms with van der Waals surface area (Å²) in [7, 11) is 0. The third kappa shape index (κ3) is 5.82. The molecule has 0 aliphatic heterocycles. The van der Waals surface area contributed by atoms with Crippen LogP contribution in [0, 0.1) is 6.92 Å². The SMILES string of the molecule is Cc1ccccc1-n1c(SCC(=O)N/N=C\c2cccc(Oc3ccccc3)c2)nc2ccccc2c1=O. The van der Waals surface area contributed by atoms with E-state index in [2.05, 4.69) is 10.5 Å².